The molecule has 0 spiro atoms. The van der Waals surface area contributed by atoms with Gasteiger partial charge in [0.1, 0.15) is 11.6 Å². The van der Waals surface area contributed by atoms with E-state index in [2.05, 4.69) is 10.1 Å². The van der Waals surface area contributed by atoms with Crippen LogP contribution in [0.25, 0.3) is 16.9 Å². The zero-order chi connectivity index (χ0) is 23.3. The number of aliphatic hydroxyl groups is 1. The van der Waals surface area contributed by atoms with Crippen molar-refractivity contribution in [1.82, 2.24) is 20.1 Å². The van der Waals surface area contributed by atoms with Gasteiger partial charge in [0.05, 0.1) is 30.9 Å². The highest BCUT2D eigenvalue weighted by molar-refractivity contribution is 5.95. The molecule has 1 amide bonds. The van der Waals surface area contributed by atoms with E-state index in [1.165, 1.54) is 24.5 Å². The SMILES string of the molecule is O=C(N[C@H](CO)C(F)(F)F)c1cc(-c2ccc(CCF)cc2)nn(-c2cccnc2)c1=O. The number of aromatic nitrogens is 3. The van der Waals surface area contributed by atoms with E-state index in [4.69, 9.17) is 5.11 Å². The topological polar surface area (TPSA) is 97.1 Å². The van der Waals surface area contributed by atoms with E-state index in [0.717, 1.165) is 10.7 Å². The number of hydrogen-bond donors (Lipinski definition) is 2. The first-order chi connectivity index (χ1) is 15.2. The quantitative estimate of drug-likeness (QED) is 0.539. The minimum absolute atomic E-state index is 0.123. The molecular weight excluding hydrogens is 432 g/mol. The number of benzene rings is 1. The van der Waals surface area contributed by atoms with Gasteiger partial charge in [0.15, 0.2) is 0 Å². The second-order valence-electron chi connectivity index (χ2n) is 6.76. The molecule has 168 valence electrons. The Morgan fingerprint density at radius 1 is 1.19 bits per heavy atom. The summed E-state index contributed by atoms with van der Waals surface area (Å²) < 4.78 is 52.3. The minimum Gasteiger partial charge on any atom is -0.394 e. The van der Waals surface area contributed by atoms with E-state index < -0.39 is 42.5 Å². The first kappa shape index (κ1) is 23.1. The van der Waals surface area contributed by atoms with Gasteiger partial charge in [0.25, 0.3) is 11.5 Å². The molecule has 0 bridgehead atoms. The number of rotatable bonds is 7. The van der Waals surface area contributed by atoms with Crippen molar-refractivity contribution < 1.29 is 27.5 Å². The third-order valence-corrected chi connectivity index (χ3v) is 4.56. The van der Waals surface area contributed by atoms with Crippen molar-refractivity contribution in [3.8, 4) is 16.9 Å². The van der Waals surface area contributed by atoms with Crippen LogP contribution in [0.15, 0.2) is 59.7 Å². The number of amides is 1. The Labute approximate surface area is 179 Å². The predicted octanol–water partition coefficient (Wildman–Crippen LogP) is 2.46. The molecule has 2 heterocycles. The summed E-state index contributed by atoms with van der Waals surface area (Å²) in [6.45, 7) is -1.93. The molecule has 0 saturated heterocycles. The van der Waals surface area contributed by atoms with Crippen LogP contribution in [0.3, 0.4) is 0 Å². The highest BCUT2D eigenvalue weighted by atomic mass is 19.4. The lowest BCUT2D eigenvalue weighted by molar-refractivity contribution is -0.161. The van der Waals surface area contributed by atoms with Crippen molar-refractivity contribution in [2.24, 2.45) is 0 Å². The summed E-state index contributed by atoms with van der Waals surface area (Å²) in [6, 6.07) is 8.01. The average molecular weight is 450 g/mol. The Morgan fingerprint density at radius 2 is 1.91 bits per heavy atom. The van der Waals surface area contributed by atoms with Crippen LogP contribution in [-0.2, 0) is 6.42 Å². The molecule has 0 saturated carbocycles. The van der Waals surface area contributed by atoms with Gasteiger partial charge in [-0.3, -0.25) is 19.0 Å². The third-order valence-electron chi connectivity index (χ3n) is 4.56. The van der Waals surface area contributed by atoms with E-state index in [1.807, 2.05) is 0 Å². The summed E-state index contributed by atoms with van der Waals surface area (Å²) in [4.78, 5) is 29.3. The molecule has 0 aliphatic rings. The fourth-order valence-electron chi connectivity index (χ4n) is 2.87. The summed E-state index contributed by atoms with van der Waals surface area (Å²) >= 11 is 0. The lowest BCUT2D eigenvalue weighted by atomic mass is 10.1. The van der Waals surface area contributed by atoms with Crippen LogP contribution in [0.4, 0.5) is 17.6 Å². The maximum atomic E-state index is 13.0. The lowest BCUT2D eigenvalue weighted by Crippen LogP contribution is -2.49. The molecule has 0 radical (unpaired) electrons. The van der Waals surface area contributed by atoms with Crippen LogP contribution in [0.1, 0.15) is 15.9 Å². The Balaban J connectivity index is 2.11. The predicted molar refractivity (Wildman–Crippen MR) is 107 cm³/mol. The van der Waals surface area contributed by atoms with Crippen LogP contribution in [0.5, 0.6) is 0 Å². The number of halogens is 4. The van der Waals surface area contributed by atoms with Crippen LogP contribution in [0, 0.1) is 0 Å². The highest BCUT2D eigenvalue weighted by Gasteiger charge is 2.40. The van der Waals surface area contributed by atoms with Crippen molar-refractivity contribution in [2.75, 3.05) is 13.3 Å². The van der Waals surface area contributed by atoms with Gasteiger partial charge in [0, 0.05) is 18.2 Å². The molecule has 0 aliphatic carbocycles. The molecule has 0 aliphatic heterocycles. The van der Waals surface area contributed by atoms with Gasteiger partial charge in [-0.15, -0.1) is 0 Å². The van der Waals surface area contributed by atoms with Gasteiger partial charge in [-0.25, -0.2) is 0 Å². The molecule has 0 unspecified atom stereocenters. The summed E-state index contributed by atoms with van der Waals surface area (Å²) in [6.07, 6.45) is -1.95. The normalized spacial score (nSPS) is 12.4. The van der Waals surface area contributed by atoms with Crippen molar-refractivity contribution >= 4 is 5.91 Å². The second kappa shape index (κ2) is 9.69. The molecule has 1 atom stereocenters. The number of pyridine rings is 1. The number of hydrogen-bond acceptors (Lipinski definition) is 5. The Bertz CT molecular complexity index is 1130. The smallest absolute Gasteiger partial charge is 0.394 e. The summed E-state index contributed by atoms with van der Waals surface area (Å²) in [5.74, 6) is -1.32. The van der Waals surface area contributed by atoms with E-state index >= 15 is 0 Å². The highest BCUT2D eigenvalue weighted by Crippen LogP contribution is 2.21. The van der Waals surface area contributed by atoms with Crippen LogP contribution in [0.2, 0.25) is 0 Å². The molecule has 1 aromatic carbocycles. The molecule has 0 fully saturated rings. The first-order valence-corrected chi connectivity index (χ1v) is 9.43. The second-order valence-corrected chi connectivity index (χ2v) is 6.76. The molecular formula is C21H18F4N4O3. The summed E-state index contributed by atoms with van der Waals surface area (Å²) in [7, 11) is 0. The largest absolute Gasteiger partial charge is 0.410 e. The average Bonchev–Trinajstić information content (AvgIpc) is 2.78. The Morgan fingerprint density at radius 3 is 2.47 bits per heavy atom. The van der Waals surface area contributed by atoms with Gasteiger partial charge in [-0.1, -0.05) is 24.3 Å². The molecule has 32 heavy (non-hydrogen) atoms. The zero-order valence-corrected chi connectivity index (χ0v) is 16.5. The molecule has 3 aromatic rings. The molecule has 2 N–H and O–H groups in total. The van der Waals surface area contributed by atoms with Crippen molar-refractivity contribution in [3.63, 3.8) is 0 Å². The van der Waals surface area contributed by atoms with Crippen LogP contribution in [-0.4, -0.2) is 51.3 Å². The fourth-order valence-corrected chi connectivity index (χ4v) is 2.87. The minimum atomic E-state index is -4.91. The molecule has 3 rings (SSSR count). The maximum absolute atomic E-state index is 13.0. The number of aliphatic hydroxyl groups excluding tert-OH is 1. The van der Waals surface area contributed by atoms with Gasteiger partial charge in [0.2, 0.25) is 0 Å². The number of alkyl halides is 4. The van der Waals surface area contributed by atoms with Gasteiger partial charge in [-0.05, 0) is 23.8 Å². The van der Waals surface area contributed by atoms with Crippen LogP contribution >= 0.6 is 0 Å². The number of aryl methyl sites for hydroxylation is 1. The van der Waals surface area contributed by atoms with Crippen molar-refractivity contribution in [1.29, 1.82) is 0 Å². The van der Waals surface area contributed by atoms with E-state index in [0.29, 0.717) is 11.1 Å². The molecule has 11 heteroatoms. The third kappa shape index (κ3) is 5.17. The van der Waals surface area contributed by atoms with E-state index in [1.54, 1.807) is 29.6 Å². The maximum Gasteiger partial charge on any atom is 0.410 e. The Kier molecular flexibility index (Phi) is 6.98. The van der Waals surface area contributed by atoms with Crippen LogP contribution < -0.4 is 10.9 Å². The van der Waals surface area contributed by atoms with Gasteiger partial charge < -0.3 is 10.4 Å². The standard InChI is InChI=1S/C21H18F4N4O3/c22-8-7-13-3-5-14(6-4-13)17-10-16(19(31)27-18(12-30)21(23,24)25)20(32)29(28-17)15-2-1-9-26-11-15/h1-6,9-11,18,30H,7-8,12H2,(H,27,31)/t18-/m1/s1. The first-order valence-electron chi connectivity index (χ1n) is 9.43. The number of nitrogens with one attached hydrogen (secondary N) is 1. The number of carbonyl (C=O) groups excluding carboxylic acids is 1. The number of nitrogens with zero attached hydrogens (tertiary/aromatic N) is 3. The lowest BCUT2D eigenvalue weighted by Gasteiger charge is -2.19. The van der Waals surface area contributed by atoms with Gasteiger partial charge >= 0.3 is 6.18 Å². The van der Waals surface area contributed by atoms with E-state index in [-0.39, 0.29) is 17.8 Å². The molecule has 2 aromatic heterocycles. The van der Waals surface area contributed by atoms with Gasteiger partial charge in [-0.2, -0.15) is 23.0 Å². The summed E-state index contributed by atoms with van der Waals surface area (Å²) in [5, 5.41) is 14.8. The van der Waals surface area contributed by atoms with Crippen molar-refractivity contribution in [3.05, 3.63) is 76.3 Å². The Hall–Kier alpha value is -3.60. The summed E-state index contributed by atoms with van der Waals surface area (Å²) in [5.41, 5.74) is -0.0870. The molecule has 7 nitrogen and oxygen atoms in total. The fraction of sp³-hybridized carbons (Fsp3) is 0.238. The monoisotopic (exact) mass is 450 g/mol. The number of carbonyl (C=O) groups is 1. The van der Waals surface area contributed by atoms with Crippen molar-refractivity contribution in [2.45, 2.75) is 18.6 Å². The zero-order valence-electron chi connectivity index (χ0n) is 16.5. The van der Waals surface area contributed by atoms with E-state index in [9.17, 15) is 27.2 Å².